The summed E-state index contributed by atoms with van der Waals surface area (Å²) < 4.78 is 0. The minimum absolute atomic E-state index is 0. The fourth-order valence-corrected chi connectivity index (χ4v) is 3.95. The van der Waals surface area contributed by atoms with E-state index in [1.807, 2.05) is 23.6 Å². The molecule has 0 bridgehead atoms. The maximum absolute atomic E-state index is 12.0. The molecule has 1 saturated heterocycles. The van der Waals surface area contributed by atoms with E-state index < -0.39 is 0 Å². The van der Waals surface area contributed by atoms with E-state index in [1.54, 1.807) is 30.3 Å². The van der Waals surface area contributed by atoms with E-state index in [4.69, 9.17) is 4.99 Å². The molecular formula is C22H32IN5O2S. The Morgan fingerprint density at radius 2 is 2.00 bits per heavy atom. The van der Waals surface area contributed by atoms with Crippen LogP contribution in [0.3, 0.4) is 0 Å². The Bertz CT molecular complexity index is 844. The molecule has 0 aliphatic carbocycles. The Labute approximate surface area is 205 Å². The molecule has 7 nitrogen and oxygen atoms in total. The molecule has 31 heavy (non-hydrogen) atoms. The lowest BCUT2D eigenvalue weighted by Crippen LogP contribution is -2.42. The lowest BCUT2D eigenvalue weighted by atomic mass is 10.1. The number of hydrogen-bond acceptors (Lipinski definition) is 5. The number of guanidine groups is 1. The van der Waals surface area contributed by atoms with Crippen LogP contribution in [0.25, 0.3) is 0 Å². The normalized spacial score (nSPS) is 16.6. The molecule has 1 aliphatic heterocycles. The van der Waals surface area contributed by atoms with E-state index in [1.165, 1.54) is 10.4 Å². The van der Waals surface area contributed by atoms with Crippen molar-refractivity contribution in [1.82, 2.24) is 20.4 Å². The third kappa shape index (κ3) is 8.40. The van der Waals surface area contributed by atoms with Crippen LogP contribution in [0.2, 0.25) is 0 Å². The molecule has 170 valence electrons. The van der Waals surface area contributed by atoms with Gasteiger partial charge in [0.15, 0.2) is 5.96 Å². The number of aliphatic hydroxyl groups is 1. The lowest BCUT2D eigenvalue weighted by Gasteiger charge is -2.18. The number of halogens is 1. The highest BCUT2D eigenvalue weighted by atomic mass is 127. The van der Waals surface area contributed by atoms with Gasteiger partial charge in [0, 0.05) is 38.6 Å². The molecule has 0 saturated carbocycles. The zero-order valence-electron chi connectivity index (χ0n) is 18.1. The molecule has 3 N–H and O–H groups in total. The van der Waals surface area contributed by atoms with Crippen molar-refractivity contribution < 1.29 is 9.90 Å². The topological polar surface area (TPSA) is 80.2 Å². The Balaban J connectivity index is 0.00000341. The predicted molar refractivity (Wildman–Crippen MR) is 137 cm³/mol. The largest absolute Gasteiger partial charge is 0.392 e. The van der Waals surface area contributed by atoms with E-state index in [9.17, 15) is 9.90 Å². The molecule has 2 heterocycles. The molecule has 1 fully saturated rings. The number of thiophene rings is 1. The van der Waals surface area contributed by atoms with Gasteiger partial charge in [-0.1, -0.05) is 30.3 Å². The van der Waals surface area contributed by atoms with Crippen molar-refractivity contribution in [2.75, 3.05) is 33.7 Å². The van der Waals surface area contributed by atoms with Crippen LogP contribution in [0.5, 0.6) is 0 Å². The Hall–Kier alpha value is -1.69. The van der Waals surface area contributed by atoms with E-state index in [-0.39, 0.29) is 42.5 Å². The first kappa shape index (κ1) is 25.6. The summed E-state index contributed by atoms with van der Waals surface area (Å²) in [6.45, 7) is 3.82. The van der Waals surface area contributed by atoms with Crippen LogP contribution in [0, 0.1) is 0 Å². The highest BCUT2D eigenvalue weighted by Gasteiger charge is 2.20. The number of aliphatic hydroxyl groups excluding tert-OH is 1. The zero-order chi connectivity index (χ0) is 21.3. The van der Waals surface area contributed by atoms with Gasteiger partial charge in [-0.25, -0.2) is 4.99 Å². The predicted octanol–water partition coefficient (Wildman–Crippen LogP) is 2.26. The van der Waals surface area contributed by atoms with Crippen LogP contribution in [-0.4, -0.2) is 66.6 Å². The molecule has 3 rings (SSSR count). The Kier molecular flexibility index (Phi) is 10.7. The smallest absolute Gasteiger partial charge is 0.241 e. The number of carbonyl (C=O) groups excluding carboxylic acids is 1. The van der Waals surface area contributed by atoms with E-state index >= 15 is 0 Å². The van der Waals surface area contributed by atoms with Crippen molar-refractivity contribution in [3.8, 4) is 0 Å². The van der Waals surface area contributed by atoms with Crippen LogP contribution in [0.15, 0.2) is 46.8 Å². The summed E-state index contributed by atoms with van der Waals surface area (Å²) in [7, 11) is 3.48. The highest BCUT2D eigenvalue weighted by Crippen LogP contribution is 2.17. The molecule has 0 spiro atoms. The van der Waals surface area contributed by atoms with Gasteiger partial charge in [-0.2, -0.15) is 0 Å². The number of nitrogens with one attached hydrogen (secondary N) is 2. The summed E-state index contributed by atoms with van der Waals surface area (Å²) in [4.78, 5) is 21.8. The molecule has 1 aromatic carbocycles. The number of rotatable bonds is 8. The number of β-amino-alcohol motifs (C(OH)–C–C–N with tert-alkyl or cyclic N) is 1. The number of hydrogen-bond donors (Lipinski definition) is 3. The van der Waals surface area contributed by atoms with Gasteiger partial charge in [-0.3, -0.25) is 9.69 Å². The standard InChI is InChI=1S/C22H31N5O2S.HI/c1-26(2)21(29)14-25-22(24-13-20-8-5-11-30-20)23-12-17-6-3-4-7-18(17)15-27-10-9-19(28)16-27;/h3-8,11,19,28H,9-10,12-16H2,1-2H3,(H2,23,24,25);1H. The summed E-state index contributed by atoms with van der Waals surface area (Å²) in [5.41, 5.74) is 2.37. The molecule has 1 unspecified atom stereocenters. The van der Waals surface area contributed by atoms with Gasteiger partial charge in [0.2, 0.25) is 5.91 Å². The zero-order valence-corrected chi connectivity index (χ0v) is 21.2. The third-order valence-corrected chi connectivity index (χ3v) is 5.96. The summed E-state index contributed by atoms with van der Waals surface area (Å²) in [6.07, 6.45) is 0.614. The highest BCUT2D eigenvalue weighted by molar-refractivity contribution is 14.0. The van der Waals surface area contributed by atoms with Crippen LogP contribution < -0.4 is 10.6 Å². The third-order valence-electron chi connectivity index (χ3n) is 5.08. The maximum Gasteiger partial charge on any atom is 0.241 e. The second-order valence-corrected chi connectivity index (χ2v) is 8.72. The number of benzene rings is 1. The first-order chi connectivity index (χ1) is 14.5. The molecule has 1 amide bonds. The number of carbonyl (C=O) groups is 1. The van der Waals surface area contributed by atoms with Gasteiger partial charge >= 0.3 is 0 Å². The fourth-order valence-electron chi connectivity index (χ4n) is 3.30. The quantitative estimate of drug-likeness (QED) is 0.264. The van der Waals surface area contributed by atoms with E-state index in [0.717, 1.165) is 31.6 Å². The molecule has 0 radical (unpaired) electrons. The second kappa shape index (κ2) is 13.0. The molecule has 1 atom stereocenters. The summed E-state index contributed by atoms with van der Waals surface area (Å²) >= 11 is 1.68. The number of aliphatic imine (C=N–C) groups is 1. The molecule has 1 aromatic heterocycles. The fraction of sp³-hybridized carbons (Fsp3) is 0.455. The van der Waals surface area contributed by atoms with Gasteiger partial charge in [-0.15, -0.1) is 35.3 Å². The number of amides is 1. The minimum Gasteiger partial charge on any atom is -0.392 e. The second-order valence-electron chi connectivity index (χ2n) is 7.69. The van der Waals surface area contributed by atoms with Crippen molar-refractivity contribution in [3.63, 3.8) is 0 Å². The van der Waals surface area contributed by atoms with Gasteiger partial charge in [-0.05, 0) is 29.0 Å². The van der Waals surface area contributed by atoms with Crippen molar-refractivity contribution >= 4 is 47.2 Å². The molecule has 9 heteroatoms. The SMILES string of the molecule is CN(C)C(=O)CNC(=NCc1ccccc1CN1CCC(O)C1)NCc1cccs1.I. The number of likely N-dealkylation sites (tertiary alicyclic amines) is 1. The van der Waals surface area contributed by atoms with Crippen LogP contribution in [0.4, 0.5) is 0 Å². The first-order valence-corrected chi connectivity index (χ1v) is 11.1. The van der Waals surface area contributed by atoms with Crippen molar-refractivity contribution in [1.29, 1.82) is 0 Å². The average Bonchev–Trinajstić information content (AvgIpc) is 3.39. The average molecular weight is 558 g/mol. The Morgan fingerprint density at radius 3 is 2.65 bits per heavy atom. The number of nitrogens with zero attached hydrogens (tertiary/aromatic N) is 3. The monoisotopic (exact) mass is 557 g/mol. The van der Waals surface area contributed by atoms with Gasteiger partial charge in [0.25, 0.3) is 0 Å². The summed E-state index contributed by atoms with van der Waals surface area (Å²) in [6, 6.07) is 12.4. The summed E-state index contributed by atoms with van der Waals surface area (Å²) in [5.74, 6) is 0.610. The molecular weight excluding hydrogens is 525 g/mol. The van der Waals surface area contributed by atoms with Crippen molar-refractivity contribution in [2.45, 2.75) is 32.2 Å². The van der Waals surface area contributed by atoms with Gasteiger partial charge in [0.05, 0.1) is 25.7 Å². The van der Waals surface area contributed by atoms with Crippen LogP contribution >= 0.6 is 35.3 Å². The maximum atomic E-state index is 12.0. The van der Waals surface area contributed by atoms with E-state index in [0.29, 0.717) is 19.0 Å². The van der Waals surface area contributed by atoms with E-state index in [2.05, 4.69) is 33.7 Å². The first-order valence-electron chi connectivity index (χ1n) is 10.2. The number of likely N-dealkylation sites (N-methyl/N-ethyl adjacent to an activating group) is 1. The van der Waals surface area contributed by atoms with Crippen molar-refractivity contribution in [3.05, 3.63) is 57.8 Å². The lowest BCUT2D eigenvalue weighted by molar-refractivity contribution is -0.127. The van der Waals surface area contributed by atoms with Crippen LogP contribution in [0.1, 0.15) is 22.4 Å². The molecule has 1 aliphatic rings. The van der Waals surface area contributed by atoms with Gasteiger partial charge < -0.3 is 20.6 Å². The molecule has 2 aromatic rings. The summed E-state index contributed by atoms with van der Waals surface area (Å²) in [5, 5.41) is 18.3. The minimum atomic E-state index is -0.221. The van der Waals surface area contributed by atoms with Crippen molar-refractivity contribution in [2.24, 2.45) is 4.99 Å². The van der Waals surface area contributed by atoms with Crippen LogP contribution in [-0.2, 0) is 24.4 Å². The Morgan fingerprint density at radius 1 is 1.23 bits per heavy atom. The van der Waals surface area contributed by atoms with Gasteiger partial charge in [0.1, 0.15) is 0 Å².